The van der Waals surface area contributed by atoms with Gasteiger partial charge in [0.05, 0.1) is 22.0 Å². The number of hydrogen-bond donors (Lipinski definition) is 3. The quantitative estimate of drug-likeness (QED) is 0.697. The van der Waals surface area contributed by atoms with Gasteiger partial charge in [-0.2, -0.15) is 0 Å². The van der Waals surface area contributed by atoms with Gasteiger partial charge in [-0.05, 0) is 39.1 Å². The first-order valence-corrected chi connectivity index (χ1v) is 8.34. The van der Waals surface area contributed by atoms with E-state index in [2.05, 4.69) is 15.4 Å². The molecule has 0 aliphatic heterocycles. The standard InChI is InChI=1S/C13H18ClN3O4S/c1-8(2)17-12(18)7-16-13(19)10-6-9(4-5-11(10)14)22(20,21)15-3/h4-6,8,15H,7H2,1-3H3,(H,16,19)(H,17,18). The fourth-order valence-corrected chi connectivity index (χ4v) is 2.55. The molecule has 22 heavy (non-hydrogen) atoms. The van der Waals surface area contributed by atoms with Gasteiger partial charge in [0.2, 0.25) is 15.9 Å². The van der Waals surface area contributed by atoms with Crippen LogP contribution in [0.4, 0.5) is 0 Å². The number of benzene rings is 1. The lowest BCUT2D eigenvalue weighted by atomic mass is 10.2. The number of hydrogen-bond acceptors (Lipinski definition) is 4. The average Bonchev–Trinajstić information content (AvgIpc) is 2.44. The third-order valence-electron chi connectivity index (χ3n) is 2.62. The second-order valence-corrected chi connectivity index (χ2v) is 7.05. The van der Waals surface area contributed by atoms with Crippen LogP contribution in [0.3, 0.4) is 0 Å². The van der Waals surface area contributed by atoms with Crippen molar-refractivity contribution >= 4 is 33.4 Å². The highest BCUT2D eigenvalue weighted by molar-refractivity contribution is 7.89. The Morgan fingerprint density at radius 2 is 1.91 bits per heavy atom. The third kappa shape index (κ3) is 4.97. The Morgan fingerprint density at radius 1 is 1.27 bits per heavy atom. The highest BCUT2D eigenvalue weighted by atomic mass is 35.5. The van der Waals surface area contributed by atoms with Crippen molar-refractivity contribution in [2.75, 3.05) is 13.6 Å². The van der Waals surface area contributed by atoms with Crippen molar-refractivity contribution in [3.05, 3.63) is 28.8 Å². The molecular formula is C13H18ClN3O4S. The Kier molecular flexibility index (Phi) is 6.34. The summed E-state index contributed by atoms with van der Waals surface area (Å²) in [7, 11) is -2.42. The fraction of sp³-hybridized carbons (Fsp3) is 0.385. The van der Waals surface area contributed by atoms with Gasteiger partial charge in [-0.3, -0.25) is 9.59 Å². The Hall–Kier alpha value is -1.64. The zero-order chi connectivity index (χ0) is 16.9. The molecule has 0 aromatic heterocycles. The SMILES string of the molecule is CNS(=O)(=O)c1ccc(Cl)c(C(=O)NCC(=O)NC(C)C)c1. The van der Waals surface area contributed by atoms with Crippen molar-refractivity contribution in [2.24, 2.45) is 0 Å². The van der Waals surface area contributed by atoms with Gasteiger partial charge in [0.15, 0.2) is 0 Å². The number of carbonyl (C=O) groups is 2. The molecule has 0 aliphatic rings. The molecular weight excluding hydrogens is 330 g/mol. The number of sulfonamides is 1. The zero-order valence-electron chi connectivity index (χ0n) is 12.4. The summed E-state index contributed by atoms with van der Waals surface area (Å²) in [6.07, 6.45) is 0. The minimum atomic E-state index is -3.69. The van der Waals surface area contributed by atoms with Gasteiger partial charge in [0.1, 0.15) is 0 Å². The summed E-state index contributed by atoms with van der Waals surface area (Å²) >= 11 is 5.91. The second kappa shape index (κ2) is 7.57. The molecule has 0 aliphatic carbocycles. The molecule has 1 aromatic rings. The van der Waals surface area contributed by atoms with E-state index in [1.807, 2.05) is 0 Å². The minimum Gasteiger partial charge on any atom is -0.352 e. The molecule has 0 saturated heterocycles. The molecule has 0 bridgehead atoms. The van der Waals surface area contributed by atoms with Crippen molar-refractivity contribution in [1.29, 1.82) is 0 Å². The lowest BCUT2D eigenvalue weighted by Crippen LogP contribution is -2.39. The van der Waals surface area contributed by atoms with Gasteiger partial charge in [0, 0.05) is 6.04 Å². The van der Waals surface area contributed by atoms with Crippen molar-refractivity contribution < 1.29 is 18.0 Å². The van der Waals surface area contributed by atoms with Crippen molar-refractivity contribution in [3.8, 4) is 0 Å². The lowest BCUT2D eigenvalue weighted by molar-refractivity contribution is -0.120. The molecule has 0 spiro atoms. The van der Waals surface area contributed by atoms with Gasteiger partial charge >= 0.3 is 0 Å². The van der Waals surface area contributed by atoms with Crippen molar-refractivity contribution in [3.63, 3.8) is 0 Å². The van der Waals surface area contributed by atoms with Gasteiger partial charge in [0.25, 0.3) is 5.91 Å². The van der Waals surface area contributed by atoms with E-state index in [1.165, 1.54) is 19.2 Å². The number of nitrogens with one attached hydrogen (secondary N) is 3. The van der Waals surface area contributed by atoms with Crippen molar-refractivity contribution in [2.45, 2.75) is 24.8 Å². The maximum atomic E-state index is 12.0. The monoisotopic (exact) mass is 347 g/mol. The topological polar surface area (TPSA) is 104 Å². The molecule has 0 heterocycles. The molecule has 1 rings (SSSR count). The van der Waals surface area contributed by atoms with Crippen LogP contribution in [0, 0.1) is 0 Å². The molecule has 1 aromatic carbocycles. The summed E-state index contributed by atoms with van der Waals surface area (Å²) in [5, 5.41) is 5.10. The molecule has 0 saturated carbocycles. The molecule has 122 valence electrons. The molecule has 0 unspecified atom stereocenters. The summed E-state index contributed by atoms with van der Waals surface area (Å²) in [6, 6.07) is 3.71. The first kappa shape index (κ1) is 18.4. The molecule has 9 heteroatoms. The minimum absolute atomic E-state index is 0.0182. The van der Waals surface area contributed by atoms with Crippen molar-refractivity contribution in [1.82, 2.24) is 15.4 Å². The number of amides is 2. The predicted octanol–water partition coefficient (Wildman–Crippen LogP) is 0.502. The van der Waals surface area contributed by atoms with Crippen LogP contribution < -0.4 is 15.4 Å². The molecule has 0 radical (unpaired) electrons. The van der Waals surface area contributed by atoms with Gasteiger partial charge < -0.3 is 10.6 Å². The molecule has 7 nitrogen and oxygen atoms in total. The Balaban J connectivity index is 2.90. The van der Waals surface area contributed by atoms with Crippen LogP contribution in [0.15, 0.2) is 23.1 Å². The smallest absolute Gasteiger partial charge is 0.253 e. The van der Waals surface area contributed by atoms with E-state index in [0.717, 1.165) is 6.07 Å². The van der Waals surface area contributed by atoms with E-state index in [0.29, 0.717) is 0 Å². The molecule has 0 fully saturated rings. The van der Waals surface area contributed by atoms with Gasteiger partial charge in [-0.1, -0.05) is 11.6 Å². The number of carbonyl (C=O) groups excluding carboxylic acids is 2. The molecule has 0 atom stereocenters. The van der Waals surface area contributed by atoms with Crippen LogP contribution >= 0.6 is 11.6 Å². The summed E-state index contributed by atoms with van der Waals surface area (Å²) in [4.78, 5) is 23.4. The van der Waals surface area contributed by atoms with E-state index in [9.17, 15) is 18.0 Å². The molecule has 3 N–H and O–H groups in total. The Bertz CT molecular complexity index is 674. The van der Waals surface area contributed by atoms with Gasteiger partial charge in [-0.15, -0.1) is 0 Å². The van der Waals surface area contributed by atoms with Crippen LogP contribution in [0.1, 0.15) is 24.2 Å². The maximum absolute atomic E-state index is 12.0. The molecule has 2 amide bonds. The van der Waals surface area contributed by atoms with E-state index >= 15 is 0 Å². The van der Waals surface area contributed by atoms with Crippen LogP contribution in [-0.2, 0) is 14.8 Å². The van der Waals surface area contributed by atoms with E-state index in [1.54, 1.807) is 13.8 Å². The Morgan fingerprint density at radius 3 is 2.45 bits per heavy atom. The number of rotatable bonds is 6. The predicted molar refractivity (Wildman–Crippen MR) is 83.3 cm³/mol. The highest BCUT2D eigenvalue weighted by Crippen LogP contribution is 2.20. The Labute approximate surface area is 134 Å². The average molecular weight is 348 g/mol. The maximum Gasteiger partial charge on any atom is 0.253 e. The van der Waals surface area contributed by atoms with E-state index in [-0.39, 0.29) is 34.0 Å². The third-order valence-corrected chi connectivity index (χ3v) is 4.36. The number of halogens is 1. The fourth-order valence-electron chi connectivity index (χ4n) is 1.59. The first-order valence-electron chi connectivity index (χ1n) is 6.48. The van der Waals surface area contributed by atoms with E-state index in [4.69, 9.17) is 11.6 Å². The normalized spacial score (nSPS) is 11.3. The van der Waals surface area contributed by atoms with Crippen LogP contribution in [0.2, 0.25) is 5.02 Å². The summed E-state index contributed by atoms with van der Waals surface area (Å²) in [6.45, 7) is 3.36. The lowest BCUT2D eigenvalue weighted by Gasteiger charge is -2.11. The van der Waals surface area contributed by atoms with Crippen LogP contribution in [0.5, 0.6) is 0 Å². The summed E-state index contributed by atoms with van der Waals surface area (Å²) in [5.74, 6) is -0.976. The van der Waals surface area contributed by atoms with Crippen LogP contribution in [0.25, 0.3) is 0 Å². The highest BCUT2D eigenvalue weighted by Gasteiger charge is 2.17. The van der Waals surface area contributed by atoms with Gasteiger partial charge in [-0.25, -0.2) is 13.1 Å². The van der Waals surface area contributed by atoms with E-state index < -0.39 is 15.9 Å². The summed E-state index contributed by atoms with van der Waals surface area (Å²) < 4.78 is 25.6. The second-order valence-electron chi connectivity index (χ2n) is 4.75. The summed E-state index contributed by atoms with van der Waals surface area (Å²) in [5.41, 5.74) is -0.0182. The first-order chi connectivity index (χ1) is 10.2. The van der Waals surface area contributed by atoms with Crippen LogP contribution in [-0.4, -0.2) is 39.9 Å². The largest absolute Gasteiger partial charge is 0.352 e. The zero-order valence-corrected chi connectivity index (χ0v) is 14.0.